The molecular formula is C15H11NO6. The van der Waals surface area contributed by atoms with Gasteiger partial charge in [0.1, 0.15) is 0 Å². The minimum absolute atomic E-state index is 0.357. The fraction of sp³-hybridized carbons (Fsp3) is 0.0667. The highest BCUT2D eigenvalue weighted by atomic mass is 16.6. The summed E-state index contributed by atoms with van der Waals surface area (Å²) in [5.41, 5.74) is 0.325. The van der Waals surface area contributed by atoms with Gasteiger partial charge in [0.25, 0.3) is 5.69 Å². The van der Waals surface area contributed by atoms with Crippen molar-refractivity contribution in [3.63, 3.8) is 0 Å². The number of nitro benzene ring substituents is 1. The van der Waals surface area contributed by atoms with Gasteiger partial charge in [0.05, 0.1) is 10.5 Å². The molecule has 0 aliphatic heterocycles. The van der Waals surface area contributed by atoms with E-state index in [2.05, 4.69) is 0 Å². The van der Waals surface area contributed by atoms with E-state index in [1.54, 1.807) is 30.3 Å². The Bertz CT molecular complexity index is 727. The standard InChI is InChI=1S/C15H11NO6/c17-14(18)13(15(19)20)11-7-6-10(8-12(11)16(21)22)9-4-2-1-3-5-9/h1-8,13H,(H,17,18)(H,19,20). The Balaban J connectivity index is 2.60. The van der Waals surface area contributed by atoms with Gasteiger partial charge in [0.15, 0.2) is 5.92 Å². The molecule has 0 amide bonds. The third kappa shape index (κ3) is 2.93. The number of hydrogen-bond acceptors (Lipinski definition) is 4. The lowest BCUT2D eigenvalue weighted by Gasteiger charge is -2.10. The quantitative estimate of drug-likeness (QED) is 0.497. The van der Waals surface area contributed by atoms with Gasteiger partial charge >= 0.3 is 11.9 Å². The van der Waals surface area contributed by atoms with Gasteiger partial charge in [-0.05, 0) is 11.1 Å². The molecule has 0 atom stereocenters. The van der Waals surface area contributed by atoms with Crippen molar-refractivity contribution in [2.45, 2.75) is 5.92 Å². The van der Waals surface area contributed by atoms with Crippen LogP contribution in [0.4, 0.5) is 5.69 Å². The van der Waals surface area contributed by atoms with Crippen molar-refractivity contribution in [2.24, 2.45) is 0 Å². The molecule has 0 bridgehead atoms. The first kappa shape index (κ1) is 15.2. The van der Waals surface area contributed by atoms with E-state index >= 15 is 0 Å². The van der Waals surface area contributed by atoms with Gasteiger partial charge in [-0.3, -0.25) is 19.7 Å². The largest absolute Gasteiger partial charge is 0.480 e. The third-order valence-electron chi connectivity index (χ3n) is 3.14. The molecule has 0 fully saturated rings. The Kier molecular flexibility index (Phi) is 4.17. The molecule has 0 spiro atoms. The van der Waals surface area contributed by atoms with Crippen LogP contribution < -0.4 is 0 Å². The normalized spacial score (nSPS) is 10.4. The highest BCUT2D eigenvalue weighted by Gasteiger charge is 2.34. The first-order chi connectivity index (χ1) is 10.4. The summed E-state index contributed by atoms with van der Waals surface area (Å²) in [5.74, 6) is -5.28. The fourth-order valence-corrected chi connectivity index (χ4v) is 2.13. The van der Waals surface area contributed by atoms with Gasteiger partial charge in [-0.1, -0.05) is 42.5 Å². The van der Waals surface area contributed by atoms with Crippen molar-refractivity contribution < 1.29 is 24.7 Å². The first-order valence-electron chi connectivity index (χ1n) is 6.21. The number of carbonyl (C=O) groups is 2. The fourth-order valence-electron chi connectivity index (χ4n) is 2.13. The molecule has 22 heavy (non-hydrogen) atoms. The average molecular weight is 301 g/mol. The zero-order chi connectivity index (χ0) is 16.3. The first-order valence-corrected chi connectivity index (χ1v) is 6.21. The zero-order valence-corrected chi connectivity index (χ0v) is 11.2. The second-order valence-corrected chi connectivity index (χ2v) is 4.51. The van der Waals surface area contributed by atoms with Crippen LogP contribution in [0.5, 0.6) is 0 Å². The number of aliphatic carboxylic acids is 2. The number of benzene rings is 2. The summed E-state index contributed by atoms with van der Waals surface area (Å²) in [5, 5.41) is 29.1. The van der Waals surface area contributed by atoms with E-state index in [1.165, 1.54) is 18.2 Å². The van der Waals surface area contributed by atoms with Gasteiger partial charge in [-0.2, -0.15) is 0 Å². The number of nitro groups is 1. The molecule has 2 aromatic carbocycles. The zero-order valence-electron chi connectivity index (χ0n) is 11.2. The molecule has 0 aromatic heterocycles. The van der Waals surface area contributed by atoms with Crippen molar-refractivity contribution in [1.82, 2.24) is 0 Å². The summed E-state index contributed by atoms with van der Waals surface area (Å²) in [6, 6.07) is 12.6. The van der Waals surface area contributed by atoms with Crippen LogP contribution in [0.2, 0.25) is 0 Å². The van der Waals surface area contributed by atoms with Gasteiger partial charge in [-0.25, -0.2) is 0 Å². The molecule has 2 aromatic rings. The van der Waals surface area contributed by atoms with Crippen LogP contribution in [0, 0.1) is 10.1 Å². The summed E-state index contributed by atoms with van der Waals surface area (Å²) < 4.78 is 0. The second kappa shape index (κ2) is 6.04. The predicted molar refractivity (Wildman–Crippen MR) is 76.5 cm³/mol. The SMILES string of the molecule is O=C(O)C(C(=O)O)c1ccc(-c2ccccc2)cc1[N+](=O)[O-]. The van der Waals surface area contributed by atoms with Crippen LogP contribution in [0.1, 0.15) is 11.5 Å². The lowest BCUT2D eigenvalue weighted by molar-refractivity contribution is -0.385. The van der Waals surface area contributed by atoms with Crippen molar-refractivity contribution in [2.75, 3.05) is 0 Å². The average Bonchev–Trinajstić information content (AvgIpc) is 2.47. The molecule has 0 aliphatic carbocycles. The van der Waals surface area contributed by atoms with E-state index in [4.69, 9.17) is 10.2 Å². The van der Waals surface area contributed by atoms with Crippen LogP contribution >= 0.6 is 0 Å². The van der Waals surface area contributed by atoms with Crippen LogP contribution in [-0.4, -0.2) is 27.1 Å². The Labute approximate surface area is 124 Å². The van der Waals surface area contributed by atoms with Gasteiger partial charge < -0.3 is 10.2 Å². The summed E-state index contributed by atoms with van der Waals surface area (Å²) >= 11 is 0. The van der Waals surface area contributed by atoms with Crippen LogP contribution in [0.15, 0.2) is 48.5 Å². The second-order valence-electron chi connectivity index (χ2n) is 4.51. The molecule has 0 saturated heterocycles. The lowest BCUT2D eigenvalue weighted by Crippen LogP contribution is -2.22. The van der Waals surface area contributed by atoms with Crippen LogP contribution in [0.25, 0.3) is 11.1 Å². The Hall–Kier alpha value is -3.22. The highest BCUT2D eigenvalue weighted by Crippen LogP contribution is 2.32. The summed E-state index contributed by atoms with van der Waals surface area (Å²) in [4.78, 5) is 32.5. The third-order valence-corrected chi connectivity index (χ3v) is 3.14. The molecule has 112 valence electrons. The predicted octanol–water partition coefficient (Wildman–Crippen LogP) is 2.51. The van der Waals surface area contributed by atoms with Gasteiger partial charge in [0.2, 0.25) is 0 Å². The molecule has 2 N–H and O–H groups in total. The smallest absolute Gasteiger partial charge is 0.322 e. The van der Waals surface area contributed by atoms with Gasteiger partial charge in [0, 0.05) is 6.07 Å². The molecule has 0 radical (unpaired) electrons. The maximum atomic E-state index is 11.2. The van der Waals surface area contributed by atoms with Crippen LogP contribution in [-0.2, 0) is 9.59 Å². The van der Waals surface area contributed by atoms with Crippen molar-refractivity contribution in [1.29, 1.82) is 0 Å². The number of hydrogen-bond donors (Lipinski definition) is 2. The summed E-state index contributed by atoms with van der Waals surface area (Å²) in [7, 11) is 0. The Morgan fingerprint density at radius 1 is 0.955 bits per heavy atom. The number of carboxylic acid groups (broad SMARTS) is 2. The molecule has 0 saturated carbocycles. The minimum Gasteiger partial charge on any atom is -0.480 e. The number of rotatable bonds is 5. The van der Waals surface area contributed by atoms with Crippen molar-refractivity contribution in [3.8, 4) is 11.1 Å². The van der Waals surface area contributed by atoms with Gasteiger partial charge in [-0.15, -0.1) is 0 Å². The molecule has 2 rings (SSSR count). The van der Waals surface area contributed by atoms with E-state index in [0.29, 0.717) is 11.1 Å². The molecule has 0 unspecified atom stereocenters. The van der Waals surface area contributed by atoms with E-state index in [9.17, 15) is 19.7 Å². The van der Waals surface area contributed by atoms with E-state index in [1.807, 2.05) is 0 Å². The number of nitrogens with zero attached hydrogens (tertiary/aromatic N) is 1. The molecular weight excluding hydrogens is 290 g/mol. The van der Waals surface area contributed by atoms with Crippen molar-refractivity contribution in [3.05, 3.63) is 64.2 Å². The van der Waals surface area contributed by atoms with E-state index < -0.39 is 28.5 Å². The molecule has 7 nitrogen and oxygen atoms in total. The molecule has 0 aliphatic rings. The number of carboxylic acids is 2. The Morgan fingerprint density at radius 2 is 1.55 bits per heavy atom. The maximum absolute atomic E-state index is 11.2. The highest BCUT2D eigenvalue weighted by molar-refractivity contribution is 6.00. The maximum Gasteiger partial charge on any atom is 0.322 e. The molecule has 7 heteroatoms. The molecule has 0 heterocycles. The summed E-state index contributed by atoms with van der Waals surface area (Å²) in [6.45, 7) is 0. The van der Waals surface area contributed by atoms with E-state index in [0.717, 1.165) is 0 Å². The lowest BCUT2D eigenvalue weighted by atomic mass is 9.94. The summed E-state index contributed by atoms with van der Waals surface area (Å²) in [6.07, 6.45) is 0. The Morgan fingerprint density at radius 3 is 2.05 bits per heavy atom. The van der Waals surface area contributed by atoms with Crippen LogP contribution in [0.3, 0.4) is 0 Å². The minimum atomic E-state index is -1.98. The monoisotopic (exact) mass is 301 g/mol. The topological polar surface area (TPSA) is 118 Å². The van der Waals surface area contributed by atoms with E-state index in [-0.39, 0.29) is 5.56 Å². The van der Waals surface area contributed by atoms with Crippen molar-refractivity contribution >= 4 is 17.6 Å².